The summed E-state index contributed by atoms with van der Waals surface area (Å²) < 4.78 is 21.7. The molecule has 0 spiro atoms. The van der Waals surface area contributed by atoms with Crippen molar-refractivity contribution < 1.29 is 49.6 Å². The fourth-order valence-electron chi connectivity index (χ4n) is 2.84. The zero-order chi connectivity index (χ0) is 19.8. The van der Waals surface area contributed by atoms with Crippen molar-refractivity contribution in [2.75, 3.05) is 6.61 Å². The second-order valence-electron chi connectivity index (χ2n) is 7.76. The summed E-state index contributed by atoms with van der Waals surface area (Å²) in [5, 5.41) is 59.5. The highest BCUT2D eigenvalue weighted by molar-refractivity contribution is 4.91. The Balaban J connectivity index is 1.99. The topological polar surface area (TPSA) is 158 Å². The first kappa shape index (κ1) is 21.9. The van der Waals surface area contributed by atoms with Crippen LogP contribution in [0.2, 0.25) is 0 Å². The van der Waals surface area contributed by atoms with Crippen molar-refractivity contribution in [3.05, 3.63) is 0 Å². The zero-order valence-corrected chi connectivity index (χ0v) is 15.3. The summed E-state index contributed by atoms with van der Waals surface area (Å²) in [4.78, 5) is 0. The van der Waals surface area contributed by atoms with Crippen molar-refractivity contribution in [1.82, 2.24) is 0 Å². The van der Waals surface area contributed by atoms with E-state index in [2.05, 4.69) is 0 Å². The monoisotopic (exact) mass is 382 g/mol. The molecule has 2 aliphatic heterocycles. The molecule has 2 fully saturated rings. The molecular formula is C16H30O10. The molecule has 2 heterocycles. The maximum absolute atomic E-state index is 10.1. The summed E-state index contributed by atoms with van der Waals surface area (Å²) in [5.41, 5.74) is -0.669. The lowest BCUT2D eigenvalue weighted by atomic mass is 9.98. The molecule has 0 amide bonds. The molecule has 2 rings (SSSR count). The Morgan fingerprint density at radius 2 is 1.27 bits per heavy atom. The van der Waals surface area contributed by atoms with Gasteiger partial charge in [0.25, 0.3) is 0 Å². The van der Waals surface area contributed by atoms with Gasteiger partial charge in [-0.3, -0.25) is 0 Å². The van der Waals surface area contributed by atoms with E-state index in [1.54, 1.807) is 20.8 Å². The standard InChI is InChI=1S/C16H30O10/c1-6-8(17)10(19)12(21)14(24-6)23-5-7-9(18)11(20)13(22)15(25-7)26-16(2,3)4/h6-15,17-22H,5H2,1-4H3/t6-,7?,8-,9+,10?,11-,12?,13?,14+,15?/m0/s1. The van der Waals surface area contributed by atoms with E-state index in [4.69, 9.17) is 18.9 Å². The molecule has 0 bridgehead atoms. The number of hydrogen-bond donors (Lipinski definition) is 6. The van der Waals surface area contributed by atoms with Crippen LogP contribution in [-0.4, -0.2) is 104 Å². The van der Waals surface area contributed by atoms with E-state index >= 15 is 0 Å². The maximum Gasteiger partial charge on any atom is 0.187 e. The molecule has 10 heteroatoms. The highest BCUT2D eigenvalue weighted by Gasteiger charge is 2.47. The smallest absolute Gasteiger partial charge is 0.187 e. The first-order valence-electron chi connectivity index (χ1n) is 8.61. The van der Waals surface area contributed by atoms with E-state index in [1.165, 1.54) is 6.92 Å². The predicted molar refractivity (Wildman–Crippen MR) is 85.8 cm³/mol. The Bertz CT molecular complexity index is 455. The average Bonchev–Trinajstić information content (AvgIpc) is 2.55. The minimum absolute atomic E-state index is 0.313. The first-order chi connectivity index (χ1) is 11.9. The molecule has 5 unspecified atom stereocenters. The first-order valence-corrected chi connectivity index (χ1v) is 8.61. The third kappa shape index (κ3) is 4.90. The molecular weight excluding hydrogens is 352 g/mol. The minimum Gasteiger partial charge on any atom is -0.388 e. The molecule has 0 aromatic heterocycles. The van der Waals surface area contributed by atoms with Crippen LogP contribution in [0.5, 0.6) is 0 Å². The lowest BCUT2D eigenvalue weighted by molar-refractivity contribution is -0.338. The van der Waals surface area contributed by atoms with Crippen molar-refractivity contribution in [3.63, 3.8) is 0 Å². The maximum atomic E-state index is 10.1. The van der Waals surface area contributed by atoms with Crippen molar-refractivity contribution in [2.45, 2.75) is 94.7 Å². The van der Waals surface area contributed by atoms with Crippen molar-refractivity contribution in [1.29, 1.82) is 0 Å². The van der Waals surface area contributed by atoms with Gasteiger partial charge < -0.3 is 49.6 Å². The molecule has 10 nitrogen and oxygen atoms in total. The summed E-state index contributed by atoms with van der Waals surface area (Å²) >= 11 is 0. The molecule has 0 aliphatic carbocycles. The zero-order valence-electron chi connectivity index (χ0n) is 15.3. The number of aliphatic hydroxyl groups excluding tert-OH is 6. The van der Waals surface area contributed by atoms with E-state index in [9.17, 15) is 30.6 Å². The molecule has 0 saturated carbocycles. The van der Waals surface area contributed by atoms with Gasteiger partial charge in [-0.05, 0) is 27.7 Å². The normalized spacial score (nSPS) is 47.8. The SMILES string of the molecule is C[C@@H]1O[C@@H](OCC2OC(OC(C)(C)C)C(O)[C@@H](O)[C@@H]2O)C(O)C(O)[C@H]1O. The van der Waals surface area contributed by atoms with E-state index in [0.29, 0.717) is 0 Å². The van der Waals surface area contributed by atoms with Gasteiger partial charge in [-0.2, -0.15) is 0 Å². The van der Waals surface area contributed by atoms with E-state index in [1.807, 2.05) is 0 Å². The quantitative estimate of drug-likeness (QED) is 0.306. The van der Waals surface area contributed by atoms with Gasteiger partial charge in [-0.1, -0.05) is 0 Å². The van der Waals surface area contributed by atoms with E-state index in [0.717, 1.165) is 0 Å². The van der Waals surface area contributed by atoms with Gasteiger partial charge in [0, 0.05) is 0 Å². The summed E-state index contributed by atoms with van der Waals surface area (Å²) in [7, 11) is 0. The molecule has 26 heavy (non-hydrogen) atoms. The Morgan fingerprint density at radius 3 is 1.85 bits per heavy atom. The number of ether oxygens (including phenoxy) is 4. The van der Waals surface area contributed by atoms with Crippen LogP contribution < -0.4 is 0 Å². The largest absolute Gasteiger partial charge is 0.388 e. The summed E-state index contributed by atoms with van der Waals surface area (Å²) in [6.45, 7) is 6.42. The summed E-state index contributed by atoms with van der Waals surface area (Å²) in [6, 6.07) is 0. The average molecular weight is 382 g/mol. The Labute approximate surface area is 151 Å². The Morgan fingerprint density at radius 1 is 0.731 bits per heavy atom. The van der Waals surface area contributed by atoms with Crippen LogP contribution in [0.25, 0.3) is 0 Å². The van der Waals surface area contributed by atoms with Gasteiger partial charge in [0.1, 0.15) is 42.7 Å². The lowest BCUT2D eigenvalue weighted by Gasteiger charge is -2.43. The van der Waals surface area contributed by atoms with Gasteiger partial charge in [0.15, 0.2) is 12.6 Å². The van der Waals surface area contributed by atoms with Crippen LogP contribution in [0.4, 0.5) is 0 Å². The van der Waals surface area contributed by atoms with Gasteiger partial charge in [-0.15, -0.1) is 0 Å². The van der Waals surface area contributed by atoms with Gasteiger partial charge in [-0.25, -0.2) is 0 Å². The summed E-state index contributed by atoms with van der Waals surface area (Å²) in [5.74, 6) is 0. The van der Waals surface area contributed by atoms with Crippen molar-refractivity contribution >= 4 is 0 Å². The molecule has 2 aliphatic rings. The van der Waals surface area contributed by atoms with Crippen molar-refractivity contribution in [3.8, 4) is 0 Å². The highest BCUT2D eigenvalue weighted by Crippen LogP contribution is 2.27. The van der Waals surface area contributed by atoms with E-state index < -0.39 is 67.0 Å². The van der Waals surface area contributed by atoms with Crippen LogP contribution in [0.1, 0.15) is 27.7 Å². The van der Waals surface area contributed by atoms with Gasteiger partial charge >= 0.3 is 0 Å². The second kappa shape index (κ2) is 8.31. The Kier molecular flexibility index (Phi) is 7.00. The highest BCUT2D eigenvalue weighted by atomic mass is 16.7. The van der Waals surface area contributed by atoms with Crippen LogP contribution in [0.3, 0.4) is 0 Å². The van der Waals surface area contributed by atoms with Crippen LogP contribution in [-0.2, 0) is 18.9 Å². The Hall–Kier alpha value is -0.400. The molecule has 10 atom stereocenters. The molecule has 154 valence electrons. The van der Waals surface area contributed by atoms with Crippen LogP contribution in [0, 0.1) is 0 Å². The van der Waals surface area contributed by atoms with Gasteiger partial charge in [0.2, 0.25) is 0 Å². The number of rotatable bonds is 4. The third-order valence-electron chi connectivity index (χ3n) is 4.37. The molecule has 2 saturated heterocycles. The van der Waals surface area contributed by atoms with Crippen LogP contribution in [0.15, 0.2) is 0 Å². The fourth-order valence-corrected chi connectivity index (χ4v) is 2.84. The van der Waals surface area contributed by atoms with Crippen LogP contribution >= 0.6 is 0 Å². The minimum atomic E-state index is -1.52. The summed E-state index contributed by atoms with van der Waals surface area (Å²) in [6.07, 6.45) is -12.9. The van der Waals surface area contributed by atoms with Gasteiger partial charge in [0.05, 0.1) is 18.3 Å². The molecule has 0 aromatic carbocycles. The number of aliphatic hydroxyl groups is 6. The fraction of sp³-hybridized carbons (Fsp3) is 1.00. The number of hydrogen-bond acceptors (Lipinski definition) is 10. The van der Waals surface area contributed by atoms with E-state index in [-0.39, 0.29) is 6.61 Å². The third-order valence-corrected chi connectivity index (χ3v) is 4.37. The molecule has 0 aromatic rings. The molecule has 6 N–H and O–H groups in total. The lowest BCUT2D eigenvalue weighted by Crippen LogP contribution is -2.61. The second-order valence-corrected chi connectivity index (χ2v) is 7.76. The van der Waals surface area contributed by atoms with Crippen molar-refractivity contribution in [2.24, 2.45) is 0 Å². The molecule has 0 radical (unpaired) electrons. The predicted octanol–water partition coefficient (Wildman–Crippen LogP) is -2.55.